The van der Waals surface area contributed by atoms with Crippen LogP contribution < -0.4 is 5.32 Å². The smallest absolute Gasteiger partial charge is 0.271 e. The van der Waals surface area contributed by atoms with E-state index in [1.165, 1.54) is 29.9 Å². The van der Waals surface area contributed by atoms with Crippen molar-refractivity contribution in [1.82, 2.24) is 35.1 Å². The van der Waals surface area contributed by atoms with E-state index in [1.54, 1.807) is 10.8 Å². The molecule has 3 rings (SSSR count). The largest absolute Gasteiger partial charge is 0.350 e. The third-order valence-corrected chi connectivity index (χ3v) is 3.32. The standard InChI is InChI=1S/C10H9N7OS/c18-9(7-5-11-3-4-12-7)13-2-1-8-16-17-6-14-15-10(17)19-8/h3-6H,1-2H2,(H,13,18). The Bertz CT molecular complexity index is 664. The summed E-state index contributed by atoms with van der Waals surface area (Å²) >= 11 is 1.45. The molecule has 0 aliphatic carbocycles. The van der Waals surface area contributed by atoms with Gasteiger partial charge in [-0.05, 0) is 0 Å². The number of amides is 1. The van der Waals surface area contributed by atoms with Crippen LogP contribution in [0.25, 0.3) is 4.96 Å². The summed E-state index contributed by atoms with van der Waals surface area (Å²) in [5.74, 6) is -0.240. The molecule has 3 aromatic heterocycles. The maximum Gasteiger partial charge on any atom is 0.271 e. The molecule has 0 spiro atoms. The van der Waals surface area contributed by atoms with E-state index in [2.05, 4.69) is 30.6 Å². The number of hydrogen-bond donors (Lipinski definition) is 1. The number of nitrogens with one attached hydrogen (secondary N) is 1. The fraction of sp³-hybridized carbons (Fsp3) is 0.200. The summed E-state index contributed by atoms with van der Waals surface area (Å²) in [5, 5.41) is 15.6. The van der Waals surface area contributed by atoms with Crippen molar-refractivity contribution in [3.8, 4) is 0 Å². The average Bonchev–Trinajstić information content (AvgIpc) is 3.00. The fourth-order valence-electron chi connectivity index (χ4n) is 1.49. The van der Waals surface area contributed by atoms with Crippen molar-refractivity contribution in [2.45, 2.75) is 6.42 Å². The Morgan fingerprint density at radius 3 is 3.16 bits per heavy atom. The van der Waals surface area contributed by atoms with Gasteiger partial charge in [0.15, 0.2) is 0 Å². The minimum Gasteiger partial charge on any atom is -0.350 e. The first-order valence-electron chi connectivity index (χ1n) is 5.53. The van der Waals surface area contributed by atoms with E-state index < -0.39 is 0 Å². The molecule has 0 bridgehead atoms. The number of fused-ring (bicyclic) bond motifs is 1. The molecule has 3 heterocycles. The molecule has 0 saturated carbocycles. The third kappa shape index (κ3) is 2.55. The predicted octanol–water partition coefficient (Wildman–Crippen LogP) is -0.0517. The lowest BCUT2D eigenvalue weighted by atomic mass is 10.4. The van der Waals surface area contributed by atoms with Crippen molar-refractivity contribution < 1.29 is 4.79 Å². The van der Waals surface area contributed by atoms with Crippen LogP contribution in [0, 0.1) is 0 Å². The van der Waals surface area contributed by atoms with Crippen LogP contribution in [0.1, 0.15) is 15.5 Å². The average molecular weight is 275 g/mol. The molecule has 0 radical (unpaired) electrons. The molecule has 0 fully saturated rings. The fourth-order valence-corrected chi connectivity index (χ4v) is 2.31. The highest BCUT2D eigenvalue weighted by molar-refractivity contribution is 7.16. The second-order valence-corrected chi connectivity index (χ2v) is 4.69. The molecule has 0 aliphatic rings. The molecule has 0 aliphatic heterocycles. The van der Waals surface area contributed by atoms with Crippen LogP contribution >= 0.6 is 11.3 Å². The molecule has 0 aromatic carbocycles. The van der Waals surface area contributed by atoms with E-state index in [-0.39, 0.29) is 5.91 Å². The van der Waals surface area contributed by atoms with Gasteiger partial charge in [0.1, 0.15) is 17.0 Å². The number of carbonyl (C=O) groups is 1. The topological polar surface area (TPSA) is 98.0 Å². The van der Waals surface area contributed by atoms with Gasteiger partial charge in [-0.25, -0.2) is 4.98 Å². The van der Waals surface area contributed by atoms with E-state index in [1.807, 2.05) is 0 Å². The molecule has 19 heavy (non-hydrogen) atoms. The zero-order valence-electron chi connectivity index (χ0n) is 9.72. The van der Waals surface area contributed by atoms with Gasteiger partial charge in [-0.15, -0.1) is 10.2 Å². The summed E-state index contributed by atoms with van der Waals surface area (Å²) in [6, 6.07) is 0. The Morgan fingerprint density at radius 2 is 2.37 bits per heavy atom. The molecule has 8 nitrogen and oxygen atoms in total. The number of nitrogens with zero attached hydrogens (tertiary/aromatic N) is 6. The molecule has 1 amide bonds. The van der Waals surface area contributed by atoms with Crippen LogP contribution in [0.2, 0.25) is 0 Å². The molecular formula is C10H9N7OS. The summed E-state index contributed by atoms with van der Waals surface area (Å²) in [6.07, 6.45) is 6.62. The van der Waals surface area contributed by atoms with Crippen molar-refractivity contribution in [1.29, 1.82) is 0 Å². The van der Waals surface area contributed by atoms with Crippen LogP contribution in [-0.4, -0.2) is 42.2 Å². The molecule has 0 atom stereocenters. The maximum atomic E-state index is 11.7. The lowest BCUT2D eigenvalue weighted by Crippen LogP contribution is -2.26. The predicted molar refractivity (Wildman–Crippen MR) is 66.7 cm³/mol. The van der Waals surface area contributed by atoms with Gasteiger partial charge in [0.2, 0.25) is 4.96 Å². The lowest BCUT2D eigenvalue weighted by molar-refractivity contribution is 0.0948. The third-order valence-electron chi connectivity index (χ3n) is 2.35. The van der Waals surface area contributed by atoms with Crippen molar-refractivity contribution >= 4 is 22.2 Å². The van der Waals surface area contributed by atoms with Gasteiger partial charge in [-0.2, -0.15) is 9.61 Å². The number of aromatic nitrogens is 6. The molecule has 0 unspecified atom stereocenters. The molecule has 9 heteroatoms. The lowest BCUT2D eigenvalue weighted by Gasteiger charge is -2.01. The number of rotatable bonds is 4. The minimum absolute atomic E-state index is 0.240. The zero-order chi connectivity index (χ0) is 13.1. The highest BCUT2D eigenvalue weighted by atomic mass is 32.1. The Kier molecular flexibility index (Phi) is 3.11. The van der Waals surface area contributed by atoms with E-state index in [0.717, 1.165) is 9.97 Å². The second-order valence-electron chi connectivity index (χ2n) is 3.65. The zero-order valence-corrected chi connectivity index (χ0v) is 10.5. The summed E-state index contributed by atoms with van der Waals surface area (Å²) in [7, 11) is 0. The van der Waals surface area contributed by atoms with Crippen LogP contribution in [0.3, 0.4) is 0 Å². The summed E-state index contributed by atoms with van der Waals surface area (Å²) in [4.78, 5) is 20.2. The molecule has 1 N–H and O–H groups in total. The first-order chi connectivity index (χ1) is 9.33. The Balaban J connectivity index is 1.56. The first-order valence-corrected chi connectivity index (χ1v) is 6.34. The van der Waals surface area contributed by atoms with Gasteiger partial charge in [-0.3, -0.25) is 9.78 Å². The minimum atomic E-state index is -0.240. The van der Waals surface area contributed by atoms with Gasteiger partial charge in [0.25, 0.3) is 5.91 Å². The molecule has 96 valence electrons. The van der Waals surface area contributed by atoms with Crippen molar-refractivity contribution in [2.24, 2.45) is 0 Å². The van der Waals surface area contributed by atoms with E-state index in [9.17, 15) is 4.79 Å². The Labute approximate surface area is 111 Å². The van der Waals surface area contributed by atoms with E-state index in [0.29, 0.717) is 18.7 Å². The highest BCUT2D eigenvalue weighted by Gasteiger charge is 2.08. The van der Waals surface area contributed by atoms with Gasteiger partial charge < -0.3 is 5.32 Å². The normalized spacial score (nSPS) is 10.7. The van der Waals surface area contributed by atoms with Crippen LogP contribution in [0.4, 0.5) is 0 Å². The SMILES string of the molecule is O=C(NCCc1nn2cnnc2s1)c1cnccn1. The first kappa shape index (κ1) is 11.7. The number of carbonyl (C=O) groups excluding carboxylic acids is 1. The van der Waals surface area contributed by atoms with E-state index in [4.69, 9.17) is 0 Å². The molecule has 0 saturated heterocycles. The molecular weight excluding hydrogens is 266 g/mol. The second kappa shape index (κ2) is 5.06. The van der Waals surface area contributed by atoms with Crippen molar-refractivity contribution in [2.75, 3.05) is 6.54 Å². The van der Waals surface area contributed by atoms with Gasteiger partial charge >= 0.3 is 0 Å². The quantitative estimate of drug-likeness (QED) is 0.716. The Hall–Kier alpha value is -2.42. The van der Waals surface area contributed by atoms with Crippen molar-refractivity contribution in [3.05, 3.63) is 35.6 Å². The van der Waals surface area contributed by atoms with Gasteiger partial charge in [-0.1, -0.05) is 11.3 Å². The monoisotopic (exact) mass is 275 g/mol. The van der Waals surface area contributed by atoms with Crippen LogP contribution in [0.5, 0.6) is 0 Å². The Morgan fingerprint density at radius 1 is 1.42 bits per heavy atom. The van der Waals surface area contributed by atoms with Gasteiger partial charge in [0.05, 0.1) is 6.20 Å². The molecule has 3 aromatic rings. The van der Waals surface area contributed by atoms with Crippen molar-refractivity contribution in [3.63, 3.8) is 0 Å². The van der Waals surface area contributed by atoms with E-state index >= 15 is 0 Å². The number of hydrogen-bond acceptors (Lipinski definition) is 7. The van der Waals surface area contributed by atoms with Gasteiger partial charge in [0, 0.05) is 25.4 Å². The summed E-state index contributed by atoms with van der Waals surface area (Å²) in [5.41, 5.74) is 0.306. The highest BCUT2D eigenvalue weighted by Crippen LogP contribution is 2.11. The maximum absolute atomic E-state index is 11.7. The van der Waals surface area contributed by atoms with Crippen LogP contribution in [-0.2, 0) is 6.42 Å². The summed E-state index contributed by atoms with van der Waals surface area (Å²) < 4.78 is 1.62. The summed E-state index contributed by atoms with van der Waals surface area (Å²) in [6.45, 7) is 0.486. The van der Waals surface area contributed by atoms with Crippen LogP contribution in [0.15, 0.2) is 24.9 Å².